The molecule has 1 saturated carbocycles. The third-order valence-corrected chi connectivity index (χ3v) is 3.86. The van der Waals surface area contributed by atoms with Crippen LogP contribution in [0.4, 0.5) is 0 Å². The number of allylic oxidation sites excluding steroid dienone is 1. The number of carbonyl (C=O) groups excluding carboxylic acids is 4. The zero-order chi connectivity index (χ0) is 14.2. The Bertz CT molecular complexity index is 480. The highest BCUT2D eigenvalue weighted by Crippen LogP contribution is 2.36. The summed E-state index contributed by atoms with van der Waals surface area (Å²) in [5.41, 5.74) is 0.351. The van der Waals surface area contributed by atoms with Crippen molar-refractivity contribution in [2.24, 2.45) is 17.8 Å². The minimum absolute atomic E-state index is 0.233. The van der Waals surface area contributed by atoms with E-state index in [1.165, 1.54) is 0 Å². The van der Waals surface area contributed by atoms with Crippen LogP contribution in [-0.4, -0.2) is 23.4 Å². The number of amides is 2. The fourth-order valence-corrected chi connectivity index (χ4v) is 2.90. The van der Waals surface area contributed by atoms with Gasteiger partial charge in [0.25, 0.3) is 11.8 Å². The predicted octanol–water partition coefficient (Wildman–Crippen LogP) is 0.794. The van der Waals surface area contributed by atoms with Crippen LogP contribution in [0.1, 0.15) is 32.6 Å². The molecule has 101 valence electrons. The van der Waals surface area contributed by atoms with E-state index >= 15 is 0 Å². The van der Waals surface area contributed by atoms with Gasteiger partial charge in [-0.15, -0.1) is 0 Å². The summed E-state index contributed by atoms with van der Waals surface area (Å²) >= 11 is 0. The van der Waals surface area contributed by atoms with Gasteiger partial charge in [-0.2, -0.15) is 5.32 Å². The molecule has 0 aromatic heterocycles. The molecule has 5 heteroatoms. The van der Waals surface area contributed by atoms with Gasteiger partial charge in [0, 0.05) is 12.3 Å². The van der Waals surface area contributed by atoms with E-state index in [-0.39, 0.29) is 18.0 Å². The highest BCUT2D eigenvalue weighted by Gasteiger charge is 2.52. The minimum Gasteiger partial charge on any atom is -0.299 e. The van der Waals surface area contributed by atoms with Crippen LogP contribution in [-0.2, 0) is 19.2 Å². The van der Waals surface area contributed by atoms with Crippen molar-refractivity contribution in [2.75, 3.05) is 0 Å². The predicted molar refractivity (Wildman–Crippen MR) is 65.9 cm³/mol. The molecule has 0 bridgehead atoms. The van der Waals surface area contributed by atoms with Crippen LogP contribution in [0.5, 0.6) is 0 Å². The molecule has 19 heavy (non-hydrogen) atoms. The first-order valence-corrected chi connectivity index (χ1v) is 6.45. The van der Waals surface area contributed by atoms with E-state index in [0.717, 1.165) is 0 Å². The van der Waals surface area contributed by atoms with Crippen LogP contribution >= 0.6 is 0 Å². The summed E-state index contributed by atoms with van der Waals surface area (Å²) in [6.45, 7) is 5.18. The maximum atomic E-state index is 12.1. The number of rotatable bonds is 2. The summed E-state index contributed by atoms with van der Waals surface area (Å²) in [5, 5.41) is 3.38. The molecule has 2 rings (SSSR count). The van der Waals surface area contributed by atoms with E-state index in [4.69, 9.17) is 0 Å². The molecular formula is C14H16NO4. The quantitative estimate of drug-likeness (QED) is 0.418. The summed E-state index contributed by atoms with van der Waals surface area (Å²) in [4.78, 5) is 47.7. The SMILES string of the molecule is C=C(C)C(=O)C1CCCCC(=O)C2C(=O)[N]C(=O)C12. The molecule has 0 N–H and O–H groups in total. The van der Waals surface area contributed by atoms with Gasteiger partial charge in [-0.25, -0.2) is 0 Å². The number of hydrogen-bond acceptors (Lipinski definition) is 4. The molecule has 0 spiro atoms. The van der Waals surface area contributed by atoms with Crippen molar-refractivity contribution in [1.29, 1.82) is 0 Å². The van der Waals surface area contributed by atoms with Crippen LogP contribution in [0.2, 0.25) is 0 Å². The van der Waals surface area contributed by atoms with Crippen molar-refractivity contribution in [3.63, 3.8) is 0 Å². The molecule has 0 aromatic rings. The summed E-state index contributed by atoms with van der Waals surface area (Å²) in [6, 6.07) is 0. The highest BCUT2D eigenvalue weighted by atomic mass is 16.2. The number of imide groups is 1. The first-order valence-electron chi connectivity index (χ1n) is 6.45. The molecule has 1 heterocycles. The lowest BCUT2D eigenvalue weighted by atomic mass is 9.73. The molecule has 0 aromatic carbocycles. The molecule has 2 fully saturated rings. The number of Topliss-reactive ketones (excluding diaryl/α,β-unsaturated/α-hetero) is 2. The normalized spacial score (nSPS) is 31.2. The summed E-state index contributed by atoms with van der Waals surface area (Å²) in [6.07, 6.45) is 2.13. The Morgan fingerprint density at radius 2 is 1.89 bits per heavy atom. The summed E-state index contributed by atoms with van der Waals surface area (Å²) in [7, 11) is 0. The van der Waals surface area contributed by atoms with Crippen LogP contribution in [0.3, 0.4) is 0 Å². The largest absolute Gasteiger partial charge is 0.299 e. The smallest absolute Gasteiger partial charge is 0.260 e. The standard InChI is InChI=1S/C14H16NO4/c1-7(2)12(17)8-5-3-4-6-9(16)11-10(8)13(18)15-14(11)19/h8,10-11H,1,3-6H2,2H3. The monoisotopic (exact) mass is 262 g/mol. The number of carbonyl (C=O) groups is 4. The Kier molecular flexibility index (Phi) is 3.64. The maximum Gasteiger partial charge on any atom is 0.260 e. The molecule has 3 unspecified atom stereocenters. The molecule has 2 amide bonds. The van der Waals surface area contributed by atoms with Crippen molar-refractivity contribution in [3.05, 3.63) is 12.2 Å². The average molecular weight is 262 g/mol. The van der Waals surface area contributed by atoms with Gasteiger partial charge >= 0.3 is 0 Å². The number of nitrogens with zero attached hydrogens (tertiary/aromatic N) is 1. The van der Waals surface area contributed by atoms with E-state index in [0.29, 0.717) is 24.8 Å². The lowest BCUT2D eigenvalue weighted by Crippen LogP contribution is -2.37. The maximum absolute atomic E-state index is 12.1. The molecule has 1 aliphatic carbocycles. The molecular weight excluding hydrogens is 246 g/mol. The van der Waals surface area contributed by atoms with Crippen molar-refractivity contribution >= 4 is 23.4 Å². The first-order chi connectivity index (χ1) is 8.93. The van der Waals surface area contributed by atoms with Gasteiger partial charge in [0.2, 0.25) is 0 Å². The zero-order valence-electron chi connectivity index (χ0n) is 10.8. The molecule has 2 aliphatic rings. The molecule has 5 nitrogen and oxygen atoms in total. The van der Waals surface area contributed by atoms with Gasteiger partial charge < -0.3 is 0 Å². The average Bonchev–Trinajstić information content (AvgIpc) is 2.60. The van der Waals surface area contributed by atoms with Crippen molar-refractivity contribution in [2.45, 2.75) is 32.6 Å². The van der Waals surface area contributed by atoms with E-state index in [2.05, 4.69) is 11.9 Å². The Hall–Kier alpha value is -1.78. The zero-order valence-corrected chi connectivity index (χ0v) is 10.8. The van der Waals surface area contributed by atoms with Gasteiger partial charge in [-0.1, -0.05) is 13.0 Å². The van der Waals surface area contributed by atoms with Crippen LogP contribution in [0, 0.1) is 17.8 Å². The molecule has 1 aliphatic heterocycles. The third kappa shape index (κ3) is 2.37. The number of ketones is 2. The third-order valence-electron chi connectivity index (χ3n) is 3.86. The Morgan fingerprint density at radius 1 is 1.21 bits per heavy atom. The van der Waals surface area contributed by atoms with Crippen molar-refractivity contribution < 1.29 is 19.2 Å². The van der Waals surface area contributed by atoms with E-state index < -0.39 is 29.6 Å². The van der Waals surface area contributed by atoms with Crippen LogP contribution < -0.4 is 5.32 Å². The number of hydrogen-bond donors (Lipinski definition) is 0. The van der Waals surface area contributed by atoms with E-state index in [1.807, 2.05) is 0 Å². The highest BCUT2D eigenvalue weighted by molar-refractivity contribution is 6.17. The second-order valence-electron chi connectivity index (χ2n) is 5.25. The second-order valence-corrected chi connectivity index (χ2v) is 5.25. The fourth-order valence-electron chi connectivity index (χ4n) is 2.90. The Labute approximate surface area is 111 Å². The van der Waals surface area contributed by atoms with Crippen molar-refractivity contribution in [3.8, 4) is 0 Å². The summed E-state index contributed by atoms with van der Waals surface area (Å²) < 4.78 is 0. The first kappa shape index (κ1) is 13.6. The molecule has 1 radical (unpaired) electrons. The van der Waals surface area contributed by atoms with Gasteiger partial charge in [-0.3, -0.25) is 19.2 Å². The molecule has 3 atom stereocenters. The number of fused-ring (bicyclic) bond motifs is 1. The Balaban J connectivity index is 2.39. The van der Waals surface area contributed by atoms with E-state index in [9.17, 15) is 19.2 Å². The van der Waals surface area contributed by atoms with Gasteiger partial charge in [0.1, 0.15) is 11.7 Å². The van der Waals surface area contributed by atoms with Gasteiger partial charge in [0.05, 0.1) is 5.92 Å². The van der Waals surface area contributed by atoms with Crippen LogP contribution in [0.15, 0.2) is 12.2 Å². The lowest BCUT2D eigenvalue weighted by Gasteiger charge is -2.26. The van der Waals surface area contributed by atoms with Gasteiger partial charge in [-0.05, 0) is 25.3 Å². The van der Waals surface area contributed by atoms with E-state index in [1.54, 1.807) is 6.92 Å². The lowest BCUT2D eigenvalue weighted by molar-refractivity contribution is -0.137. The van der Waals surface area contributed by atoms with Crippen molar-refractivity contribution in [1.82, 2.24) is 5.32 Å². The van der Waals surface area contributed by atoms with Gasteiger partial charge in [0.15, 0.2) is 5.78 Å². The van der Waals surface area contributed by atoms with Crippen LogP contribution in [0.25, 0.3) is 0 Å². The minimum atomic E-state index is -1.04. The fraction of sp³-hybridized carbons (Fsp3) is 0.571. The Morgan fingerprint density at radius 3 is 2.53 bits per heavy atom. The second kappa shape index (κ2) is 5.07. The summed E-state index contributed by atoms with van der Waals surface area (Å²) in [5.74, 6) is -4.36. The molecule has 1 saturated heterocycles. The topological polar surface area (TPSA) is 82.4 Å².